The summed E-state index contributed by atoms with van der Waals surface area (Å²) in [5.41, 5.74) is 4.79. The Hall–Kier alpha value is -2.56. The van der Waals surface area contributed by atoms with E-state index in [0.717, 1.165) is 62.5 Å². The SMILES string of the molecule is Fc1ccc(C2CCC(/C(=C\O/C=C(\C3CCCCC3)C3CCC(c4ccc(F)c(F)c4)CC3)C3CCCCC3)CC2)cc1F. The molecule has 0 saturated heterocycles. The van der Waals surface area contributed by atoms with Crippen LogP contribution in [0.4, 0.5) is 17.6 Å². The molecular formula is C40H50F4O. The lowest BCUT2D eigenvalue weighted by molar-refractivity contribution is 0.273. The van der Waals surface area contributed by atoms with Gasteiger partial charge in [-0.1, -0.05) is 50.7 Å². The van der Waals surface area contributed by atoms with E-state index in [1.165, 1.54) is 99.6 Å². The van der Waals surface area contributed by atoms with Crippen LogP contribution < -0.4 is 0 Å². The van der Waals surface area contributed by atoms with Gasteiger partial charge in [-0.05, 0) is 159 Å². The monoisotopic (exact) mass is 622 g/mol. The highest BCUT2D eigenvalue weighted by molar-refractivity contribution is 5.25. The highest BCUT2D eigenvalue weighted by Gasteiger charge is 2.32. The van der Waals surface area contributed by atoms with Gasteiger partial charge in [0.25, 0.3) is 0 Å². The molecule has 1 nitrogen and oxygen atoms in total. The molecule has 0 bridgehead atoms. The maximum absolute atomic E-state index is 13.9. The Morgan fingerprint density at radius 3 is 1.16 bits per heavy atom. The topological polar surface area (TPSA) is 9.23 Å². The first kappa shape index (κ1) is 32.4. The lowest BCUT2D eigenvalue weighted by atomic mass is 9.71. The second-order valence-corrected chi connectivity index (χ2v) is 14.5. The molecule has 6 rings (SSSR count). The summed E-state index contributed by atoms with van der Waals surface area (Å²) in [5, 5.41) is 0. The molecule has 0 unspecified atom stereocenters. The summed E-state index contributed by atoms with van der Waals surface area (Å²) in [6.45, 7) is 0. The minimum Gasteiger partial charge on any atom is -0.473 e. The Morgan fingerprint density at radius 1 is 0.444 bits per heavy atom. The molecule has 0 aliphatic heterocycles. The van der Waals surface area contributed by atoms with Crippen molar-refractivity contribution in [2.75, 3.05) is 0 Å². The first-order valence-corrected chi connectivity index (χ1v) is 17.9. The van der Waals surface area contributed by atoms with E-state index in [4.69, 9.17) is 4.74 Å². The molecule has 5 heteroatoms. The number of ether oxygens (including phenoxy) is 1. The highest BCUT2D eigenvalue weighted by Crippen LogP contribution is 2.46. The van der Waals surface area contributed by atoms with Crippen molar-refractivity contribution in [3.05, 3.63) is 94.5 Å². The van der Waals surface area contributed by atoms with Crippen LogP contribution in [0.3, 0.4) is 0 Å². The van der Waals surface area contributed by atoms with Gasteiger partial charge in [-0.3, -0.25) is 0 Å². The van der Waals surface area contributed by atoms with Crippen molar-refractivity contribution in [3.63, 3.8) is 0 Å². The van der Waals surface area contributed by atoms with Crippen LogP contribution in [-0.2, 0) is 4.74 Å². The van der Waals surface area contributed by atoms with Crippen LogP contribution in [-0.4, -0.2) is 0 Å². The summed E-state index contributed by atoms with van der Waals surface area (Å²) >= 11 is 0. The largest absolute Gasteiger partial charge is 0.473 e. The summed E-state index contributed by atoms with van der Waals surface area (Å²) in [4.78, 5) is 0. The fourth-order valence-corrected chi connectivity index (χ4v) is 9.17. The fourth-order valence-electron chi connectivity index (χ4n) is 9.17. The van der Waals surface area contributed by atoms with E-state index in [1.54, 1.807) is 12.1 Å². The average Bonchev–Trinajstić information content (AvgIpc) is 3.08. The summed E-state index contributed by atoms with van der Waals surface area (Å²) < 4.78 is 61.5. The fraction of sp³-hybridized carbons (Fsp3) is 0.600. The lowest BCUT2D eigenvalue weighted by Gasteiger charge is -2.35. The predicted octanol–water partition coefficient (Wildman–Crippen LogP) is 12.4. The van der Waals surface area contributed by atoms with E-state index in [0.29, 0.717) is 23.7 Å². The first-order chi connectivity index (χ1) is 22.0. The van der Waals surface area contributed by atoms with E-state index < -0.39 is 23.3 Å². The van der Waals surface area contributed by atoms with Crippen LogP contribution >= 0.6 is 0 Å². The molecule has 0 aromatic heterocycles. The van der Waals surface area contributed by atoms with Crippen molar-refractivity contribution in [2.45, 2.75) is 127 Å². The molecule has 4 aliphatic carbocycles. The number of hydrogen-bond donors (Lipinski definition) is 0. The van der Waals surface area contributed by atoms with E-state index in [-0.39, 0.29) is 11.8 Å². The smallest absolute Gasteiger partial charge is 0.159 e. The molecule has 0 spiro atoms. The molecule has 45 heavy (non-hydrogen) atoms. The van der Waals surface area contributed by atoms with Gasteiger partial charge in [0.1, 0.15) is 0 Å². The lowest BCUT2D eigenvalue weighted by Crippen LogP contribution is -2.22. The van der Waals surface area contributed by atoms with Crippen LogP contribution in [0.1, 0.15) is 139 Å². The molecule has 0 N–H and O–H groups in total. The van der Waals surface area contributed by atoms with Gasteiger partial charge in [0.05, 0.1) is 12.5 Å². The molecule has 0 amide bonds. The molecule has 244 valence electrons. The van der Waals surface area contributed by atoms with Crippen molar-refractivity contribution in [1.82, 2.24) is 0 Å². The van der Waals surface area contributed by atoms with Gasteiger partial charge in [-0.25, -0.2) is 17.6 Å². The number of halogens is 4. The minimum absolute atomic E-state index is 0.282. The number of benzene rings is 2. The Bertz CT molecular complexity index is 1220. The van der Waals surface area contributed by atoms with Crippen molar-refractivity contribution in [2.24, 2.45) is 23.7 Å². The summed E-state index contributed by atoms with van der Waals surface area (Å²) in [6.07, 6.45) is 25.1. The Morgan fingerprint density at radius 2 is 0.800 bits per heavy atom. The predicted molar refractivity (Wildman–Crippen MR) is 173 cm³/mol. The van der Waals surface area contributed by atoms with Crippen molar-refractivity contribution in [3.8, 4) is 0 Å². The zero-order valence-corrected chi connectivity index (χ0v) is 26.7. The van der Waals surface area contributed by atoms with Crippen LogP contribution in [0.25, 0.3) is 0 Å². The summed E-state index contributed by atoms with van der Waals surface area (Å²) in [6, 6.07) is 8.84. The van der Waals surface area contributed by atoms with Gasteiger partial charge in [0, 0.05) is 0 Å². The standard InChI is InChI=1S/C40H50F4O/c41-37-21-19-33(23-39(37)43)27-11-15-31(16-12-27)35(29-7-3-1-4-8-29)25-45-26-36(30-9-5-2-6-10-30)32-17-13-28(14-18-32)34-20-22-38(42)40(44)24-34/h19-32H,1-18H2/b35-25-,36-26+. The van der Waals surface area contributed by atoms with Gasteiger partial charge in [-0.15, -0.1) is 0 Å². The first-order valence-electron chi connectivity index (χ1n) is 17.9. The Kier molecular flexibility index (Phi) is 11.0. The van der Waals surface area contributed by atoms with E-state index >= 15 is 0 Å². The van der Waals surface area contributed by atoms with Crippen LogP contribution in [0.15, 0.2) is 60.1 Å². The Labute approximate surface area is 267 Å². The molecule has 0 radical (unpaired) electrons. The van der Waals surface area contributed by atoms with Gasteiger partial charge in [0.15, 0.2) is 23.3 Å². The average molecular weight is 623 g/mol. The zero-order chi connectivity index (χ0) is 31.2. The highest BCUT2D eigenvalue weighted by atomic mass is 19.2. The third-order valence-corrected chi connectivity index (χ3v) is 11.8. The second kappa shape index (κ2) is 15.4. The van der Waals surface area contributed by atoms with Crippen LogP contribution in [0.5, 0.6) is 0 Å². The molecular weight excluding hydrogens is 572 g/mol. The molecule has 4 fully saturated rings. The van der Waals surface area contributed by atoms with Crippen LogP contribution in [0, 0.1) is 46.9 Å². The van der Waals surface area contributed by atoms with Gasteiger partial charge >= 0.3 is 0 Å². The van der Waals surface area contributed by atoms with E-state index in [9.17, 15) is 17.6 Å². The molecule has 4 aliphatic rings. The van der Waals surface area contributed by atoms with Gasteiger partial charge < -0.3 is 4.74 Å². The minimum atomic E-state index is -0.774. The van der Waals surface area contributed by atoms with E-state index in [1.807, 2.05) is 0 Å². The molecule has 0 heterocycles. The number of rotatable bonds is 8. The summed E-state index contributed by atoms with van der Waals surface area (Å²) in [7, 11) is 0. The van der Waals surface area contributed by atoms with Crippen LogP contribution in [0.2, 0.25) is 0 Å². The molecule has 4 saturated carbocycles. The maximum Gasteiger partial charge on any atom is 0.159 e. The zero-order valence-electron chi connectivity index (χ0n) is 26.7. The van der Waals surface area contributed by atoms with Crippen molar-refractivity contribution < 1.29 is 22.3 Å². The molecule has 2 aromatic rings. The number of allylic oxidation sites excluding steroid dienone is 2. The van der Waals surface area contributed by atoms with E-state index in [2.05, 4.69) is 12.5 Å². The molecule has 2 aromatic carbocycles. The third kappa shape index (κ3) is 8.06. The Balaban J connectivity index is 1.15. The van der Waals surface area contributed by atoms with Gasteiger partial charge in [0.2, 0.25) is 0 Å². The van der Waals surface area contributed by atoms with Crippen molar-refractivity contribution in [1.29, 1.82) is 0 Å². The van der Waals surface area contributed by atoms with Gasteiger partial charge in [-0.2, -0.15) is 0 Å². The normalized spacial score (nSPS) is 27.8. The second-order valence-electron chi connectivity index (χ2n) is 14.5. The quantitative estimate of drug-likeness (QED) is 0.210. The summed E-state index contributed by atoms with van der Waals surface area (Å²) in [5.74, 6) is -0.376. The maximum atomic E-state index is 13.9. The third-order valence-electron chi connectivity index (χ3n) is 11.8. The van der Waals surface area contributed by atoms with Crippen molar-refractivity contribution >= 4 is 0 Å². The molecule has 0 atom stereocenters. The number of hydrogen-bond acceptors (Lipinski definition) is 1.